The average molecular weight is 374 g/mol. The van der Waals surface area contributed by atoms with Crippen LogP contribution in [0.4, 0.5) is 11.8 Å². The van der Waals surface area contributed by atoms with Crippen LogP contribution in [0.3, 0.4) is 0 Å². The molecule has 2 N–H and O–H groups in total. The summed E-state index contributed by atoms with van der Waals surface area (Å²) < 4.78 is 0. The van der Waals surface area contributed by atoms with Gasteiger partial charge in [0.15, 0.2) is 0 Å². The molecule has 4 heterocycles. The second-order valence-corrected chi connectivity index (χ2v) is 7.73. The lowest BCUT2D eigenvalue weighted by Gasteiger charge is -2.41. The number of nitrogens with zero attached hydrogens (tertiary/aromatic N) is 5. The normalized spacial score (nSPS) is 24.8. The molecule has 1 atom stereocenters. The van der Waals surface area contributed by atoms with Crippen LogP contribution in [0.5, 0.6) is 0 Å². The molecule has 3 aliphatic rings. The van der Waals surface area contributed by atoms with Gasteiger partial charge in [0.05, 0.1) is 0 Å². The highest BCUT2D eigenvalue weighted by molar-refractivity contribution is 5.76. The fraction of sp³-hybridized carbons (Fsp3) is 0.737. The molecule has 1 aromatic rings. The largest absolute Gasteiger partial charge is 0.354 e. The van der Waals surface area contributed by atoms with Crippen molar-refractivity contribution in [3.63, 3.8) is 0 Å². The lowest BCUT2D eigenvalue weighted by atomic mass is 10.1. The number of carbonyl (C=O) groups is 1. The molecule has 0 radical (unpaired) electrons. The van der Waals surface area contributed by atoms with Crippen LogP contribution in [0.15, 0.2) is 6.07 Å². The summed E-state index contributed by atoms with van der Waals surface area (Å²) in [6.07, 6.45) is 5.29. The minimum Gasteiger partial charge on any atom is -0.354 e. The molecule has 27 heavy (non-hydrogen) atoms. The zero-order valence-electron chi connectivity index (χ0n) is 16.3. The van der Waals surface area contributed by atoms with Gasteiger partial charge in [0.1, 0.15) is 5.82 Å². The maximum atomic E-state index is 11.6. The van der Waals surface area contributed by atoms with Crippen molar-refractivity contribution in [1.29, 1.82) is 0 Å². The van der Waals surface area contributed by atoms with Gasteiger partial charge in [-0.25, -0.2) is 10.4 Å². The zero-order valence-corrected chi connectivity index (χ0v) is 16.3. The van der Waals surface area contributed by atoms with Crippen molar-refractivity contribution in [1.82, 2.24) is 25.7 Å². The molecule has 1 unspecified atom stereocenters. The van der Waals surface area contributed by atoms with E-state index < -0.39 is 0 Å². The summed E-state index contributed by atoms with van der Waals surface area (Å²) in [5, 5.41) is 0. The van der Waals surface area contributed by atoms with Gasteiger partial charge in [-0.05, 0) is 25.7 Å². The Morgan fingerprint density at radius 3 is 2.52 bits per heavy atom. The SMILES string of the molecule is CCc1cc(N2CCN(C3CNNC(=O)C3)CC2)nc(N2CCCCC2)n1. The van der Waals surface area contributed by atoms with Gasteiger partial charge >= 0.3 is 0 Å². The first-order chi connectivity index (χ1) is 13.2. The number of aryl methyl sites for hydroxylation is 1. The summed E-state index contributed by atoms with van der Waals surface area (Å²) in [7, 11) is 0. The van der Waals surface area contributed by atoms with Gasteiger partial charge in [-0.1, -0.05) is 6.92 Å². The third-order valence-corrected chi connectivity index (χ3v) is 5.90. The van der Waals surface area contributed by atoms with E-state index in [0.717, 1.165) is 69.7 Å². The van der Waals surface area contributed by atoms with Crippen LogP contribution < -0.4 is 20.7 Å². The van der Waals surface area contributed by atoms with Crippen molar-refractivity contribution in [2.75, 3.05) is 55.6 Å². The van der Waals surface area contributed by atoms with Crippen molar-refractivity contribution in [3.8, 4) is 0 Å². The minimum atomic E-state index is 0.0863. The van der Waals surface area contributed by atoms with Crippen LogP contribution in [-0.2, 0) is 11.2 Å². The summed E-state index contributed by atoms with van der Waals surface area (Å²) in [4.78, 5) is 28.5. The van der Waals surface area contributed by atoms with E-state index in [1.54, 1.807) is 0 Å². The van der Waals surface area contributed by atoms with E-state index in [-0.39, 0.29) is 5.91 Å². The van der Waals surface area contributed by atoms with Gasteiger partial charge < -0.3 is 9.80 Å². The second-order valence-electron chi connectivity index (χ2n) is 7.73. The molecule has 0 saturated carbocycles. The Morgan fingerprint density at radius 2 is 1.81 bits per heavy atom. The van der Waals surface area contributed by atoms with Gasteiger partial charge in [-0.15, -0.1) is 0 Å². The predicted octanol–water partition coefficient (Wildman–Crippen LogP) is 0.544. The summed E-state index contributed by atoms with van der Waals surface area (Å²) in [6.45, 7) is 8.92. The molecule has 0 aromatic carbocycles. The van der Waals surface area contributed by atoms with Crippen LogP contribution >= 0.6 is 0 Å². The Kier molecular flexibility index (Phi) is 5.73. The first-order valence-corrected chi connectivity index (χ1v) is 10.4. The van der Waals surface area contributed by atoms with E-state index >= 15 is 0 Å². The number of piperazine rings is 1. The van der Waals surface area contributed by atoms with Gasteiger partial charge in [0.25, 0.3) is 0 Å². The van der Waals surface area contributed by atoms with Crippen LogP contribution in [-0.4, -0.2) is 72.6 Å². The number of amides is 1. The maximum absolute atomic E-state index is 11.6. The Hall–Kier alpha value is -1.93. The van der Waals surface area contributed by atoms with E-state index in [4.69, 9.17) is 9.97 Å². The van der Waals surface area contributed by atoms with Crippen molar-refractivity contribution < 1.29 is 4.79 Å². The van der Waals surface area contributed by atoms with E-state index in [2.05, 4.69) is 38.5 Å². The number of hydrogen-bond donors (Lipinski definition) is 2. The molecule has 0 spiro atoms. The van der Waals surface area contributed by atoms with E-state index in [0.29, 0.717) is 12.5 Å². The Bertz CT molecular complexity index is 653. The molecule has 8 heteroatoms. The van der Waals surface area contributed by atoms with Gasteiger partial charge in [0.2, 0.25) is 11.9 Å². The number of hydrogen-bond acceptors (Lipinski definition) is 7. The lowest BCUT2D eigenvalue weighted by molar-refractivity contribution is -0.125. The highest BCUT2D eigenvalue weighted by atomic mass is 16.2. The molecule has 0 bridgehead atoms. The Balaban J connectivity index is 1.43. The second kappa shape index (κ2) is 8.39. The lowest BCUT2D eigenvalue weighted by Crippen LogP contribution is -2.59. The van der Waals surface area contributed by atoms with Crippen LogP contribution in [0, 0.1) is 0 Å². The molecule has 148 valence electrons. The first kappa shape index (κ1) is 18.4. The van der Waals surface area contributed by atoms with Crippen LogP contribution in [0.25, 0.3) is 0 Å². The van der Waals surface area contributed by atoms with Gasteiger partial charge in [-0.2, -0.15) is 4.98 Å². The third-order valence-electron chi connectivity index (χ3n) is 5.90. The topological polar surface area (TPSA) is 76.6 Å². The fourth-order valence-electron chi connectivity index (χ4n) is 4.23. The van der Waals surface area contributed by atoms with Crippen molar-refractivity contribution in [2.45, 2.75) is 45.1 Å². The number of anilines is 2. The average Bonchev–Trinajstić information content (AvgIpc) is 2.74. The summed E-state index contributed by atoms with van der Waals surface area (Å²) in [5.74, 6) is 2.05. The Morgan fingerprint density at radius 1 is 1.04 bits per heavy atom. The molecule has 4 rings (SSSR count). The van der Waals surface area contributed by atoms with E-state index in [9.17, 15) is 4.79 Å². The summed E-state index contributed by atoms with van der Waals surface area (Å²) in [6, 6.07) is 2.44. The predicted molar refractivity (Wildman–Crippen MR) is 106 cm³/mol. The minimum absolute atomic E-state index is 0.0863. The maximum Gasteiger partial charge on any atom is 0.235 e. The number of nitrogens with one attached hydrogen (secondary N) is 2. The highest BCUT2D eigenvalue weighted by Crippen LogP contribution is 2.23. The summed E-state index contributed by atoms with van der Waals surface area (Å²) >= 11 is 0. The van der Waals surface area contributed by atoms with Crippen LogP contribution in [0.2, 0.25) is 0 Å². The quantitative estimate of drug-likeness (QED) is 0.798. The van der Waals surface area contributed by atoms with Crippen molar-refractivity contribution >= 4 is 17.7 Å². The third kappa shape index (κ3) is 4.32. The zero-order chi connectivity index (χ0) is 18.6. The van der Waals surface area contributed by atoms with Crippen LogP contribution in [0.1, 0.15) is 38.3 Å². The fourth-order valence-corrected chi connectivity index (χ4v) is 4.23. The molecule has 8 nitrogen and oxygen atoms in total. The highest BCUT2D eigenvalue weighted by Gasteiger charge is 2.28. The summed E-state index contributed by atoms with van der Waals surface area (Å²) in [5.41, 5.74) is 6.81. The van der Waals surface area contributed by atoms with Crippen molar-refractivity contribution in [2.24, 2.45) is 0 Å². The molecule has 1 aromatic heterocycles. The number of carbonyl (C=O) groups excluding carboxylic acids is 1. The van der Waals surface area contributed by atoms with Crippen molar-refractivity contribution in [3.05, 3.63) is 11.8 Å². The van der Waals surface area contributed by atoms with E-state index in [1.807, 2.05) is 0 Å². The van der Waals surface area contributed by atoms with Gasteiger partial charge in [0, 0.05) is 70.0 Å². The molecule has 3 saturated heterocycles. The molecular formula is C19H31N7O. The smallest absolute Gasteiger partial charge is 0.235 e. The number of piperidine rings is 1. The molecular weight excluding hydrogens is 342 g/mol. The van der Waals surface area contributed by atoms with Gasteiger partial charge in [-0.3, -0.25) is 15.1 Å². The number of aromatic nitrogens is 2. The number of hydrazine groups is 1. The number of rotatable bonds is 4. The standard InChI is InChI=1S/C19H31N7O/c1-2-15-12-17(22-19(21-15)26-6-4-3-5-7-26)25-10-8-24(9-11-25)16-13-18(27)23-20-14-16/h12,16,20H,2-11,13-14H2,1H3,(H,23,27). The Labute approximate surface area is 161 Å². The first-order valence-electron chi connectivity index (χ1n) is 10.4. The molecule has 3 aliphatic heterocycles. The van der Waals surface area contributed by atoms with E-state index in [1.165, 1.54) is 19.3 Å². The monoisotopic (exact) mass is 373 g/mol. The molecule has 0 aliphatic carbocycles. The molecule has 3 fully saturated rings. The molecule has 1 amide bonds.